The number of nitrogens with zero attached hydrogens (tertiary/aromatic N) is 3. The highest BCUT2D eigenvalue weighted by Crippen LogP contribution is 2.30. The fourth-order valence-electron chi connectivity index (χ4n) is 3.79. The Morgan fingerprint density at radius 1 is 1.10 bits per heavy atom. The van der Waals surface area contributed by atoms with Gasteiger partial charge in [-0.05, 0) is 42.7 Å². The SMILES string of the molecule is COc1ccc(CNc2nc(N3CCC[C@H]3CO)nc3ccccc23)cc1OC. The van der Waals surface area contributed by atoms with Crippen LogP contribution in [0.2, 0.25) is 0 Å². The highest BCUT2D eigenvalue weighted by Gasteiger charge is 2.26. The van der Waals surface area contributed by atoms with Gasteiger partial charge in [0.2, 0.25) is 5.95 Å². The molecule has 0 unspecified atom stereocenters. The molecule has 0 saturated carbocycles. The lowest BCUT2D eigenvalue weighted by molar-refractivity contribution is 0.265. The van der Waals surface area contributed by atoms with E-state index in [-0.39, 0.29) is 12.6 Å². The number of para-hydroxylation sites is 1. The standard InChI is InChI=1S/C22H26N4O3/c1-28-19-10-9-15(12-20(19)29-2)13-23-21-17-7-3-4-8-18(17)24-22(25-21)26-11-5-6-16(26)14-27/h3-4,7-10,12,16,27H,5-6,11,13-14H2,1-2H3,(H,23,24,25)/t16-/m0/s1. The Morgan fingerprint density at radius 2 is 1.93 bits per heavy atom. The maximum absolute atomic E-state index is 9.69. The van der Waals surface area contributed by atoms with Crippen LogP contribution >= 0.6 is 0 Å². The van der Waals surface area contributed by atoms with Gasteiger partial charge in [0.15, 0.2) is 11.5 Å². The van der Waals surface area contributed by atoms with E-state index in [1.165, 1.54) is 0 Å². The number of methoxy groups -OCH3 is 2. The molecule has 1 atom stereocenters. The summed E-state index contributed by atoms with van der Waals surface area (Å²) in [5.41, 5.74) is 1.94. The molecular formula is C22H26N4O3. The first-order chi connectivity index (χ1) is 14.2. The lowest BCUT2D eigenvalue weighted by Gasteiger charge is -2.24. The molecule has 1 saturated heterocycles. The van der Waals surface area contributed by atoms with Crippen LogP contribution in [-0.4, -0.2) is 48.5 Å². The number of nitrogens with one attached hydrogen (secondary N) is 1. The molecule has 1 aromatic heterocycles. The van der Waals surface area contributed by atoms with Gasteiger partial charge in [-0.25, -0.2) is 4.98 Å². The van der Waals surface area contributed by atoms with Crippen LogP contribution < -0.4 is 19.7 Å². The van der Waals surface area contributed by atoms with Crippen molar-refractivity contribution in [1.29, 1.82) is 0 Å². The third-order valence-corrected chi connectivity index (χ3v) is 5.34. The number of aliphatic hydroxyl groups excluding tert-OH is 1. The number of hydrogen-bond acceptors (Lipinski definition) is 7. The van der Waals surface area contributed by atoms with Crippen LogP contribution in [-0.2, 0) is 6.54 Å². The maximum atomic E-state index is 9.69. The van der Waals surface area contributed by atoms with Crippen molar-refractivity contribution in [2.45, 2.75) is 25.4 Å². The van der Waals surface area contributed by atoms with E-state index in [0.717, 1.165) is 41.7 Å². The molecule has 152 valence electrons. The van der Waals surface area contributed by atoms with Gasteiger partial charge in [-0.1, -0.05) is 18.2 Å². The molecule has 2 aromatic carbocycles. The van der Waals surface area contributed by atoms with Gasteiger partial charge in [0.05, 0.1) is 32.4 Å². The second-order valence-corrected chi connectivity index (χ2v) is 7.10. The van der Waals surface area contributed by atoms with Crippen molar-refractivity contribution < 1.29 is 14.6 Å². The van der Waals surface area contributed by atoms with Crippen LogP contribution in [0.25, 0.3) is 10.9 Å². The average Bonchev–Trinajstić information content (AvgIpc) is 3.26. The predicted octanol–water partition coefficient (Wildman–Crippen LogP) is 3.22. The summed E-state index contributed by atoms with van der Waals surface area (Å²) in [6.45, 7) is 1.56. The number of rotatable bonds is 7. The number of hydrogen-bond donors (Lipinski definition) is 2. The summed E-state index contributed by atoms with van der Waals surface area (Å²) in [4.78, 5) is 11.7. The normalized spacial score (nSPS) is 16.2. The zero-order valence-corrected chi connectivity index (χ0v) is 16.8. The van der Waals surface area contributed by atoms with Crippen LogP contribution in [0.1, 0.15) is 18.4 Å². The average molecular weight is 394 g/mol. The quantitative estimate of drug-likeness (QED) is 0.637. The van der Waals surface area contributed by atoms with Crippen LogP contribution in [0.5, 0.6) is 11.5 Å². The first kappa shape index (κ1) is 19.3. The fourth-order valence-corrected chi connectivity index (χ4v) is 3.79. The third kappa shape index (κ3) is 3.91. The first-order valence-corrected chi connectivity index (χ1v) is 9.82. The summed E-state index contributed by atoms with van der Waals surface area (Å²) in [6.07, 6.45) is 2.00. The van der Waals surface area contributed by atoms with E-state index in [0.29, 0.717) is 24.0 Å². The van der Waals surface area contributed by atoms with E-state index in [1.54, 1.807) is 14.2 Å². The molecule has 1 fully saturated rings. The van der Waals surface area contributed by atoms with Crippen LogP contribution in [0.4, 0.5) is 11.8 Å². The Labute approximate surface area is 170 Å². The molecule has 0 spiro atoms. The minimum absolute atomic E-state index is 0.0786. The Bertz CT molecular complexity index is 995. The van der Waals surface area contributed by atoms with Crippen molar-refractivity contribution in [3.63, 3.8) is 0 Å². The largest absolute Gasteiger partial charge is 0.493 e. The molecule has 0 amide bonds. The Kier molecular flexibility index (Phi) is 5.67. The lowest BCUT2D eigenvalue weighted by Crippen LogP contribution is -2.33. The second-order valence-electron chi connectivity index (χ2n) is 7.10. The number of anilines is 2. The van der Waals surface area contributed by atoms with E-state index in [2.05, 4.69) is 10.2 Å². The zero-order chi connectivity index (χ0) is 20.2. The van der Waals surface area contributed by atoms with Gasteiger partial charge < -0.3 is 24.8 Å². The van der Waals surface area contributed by atoms with Crippen LogP contribution in [0.3, 0.4) is 0 Å². The summed E-state index contributed by atoms with van der Waals surface area (Å²) < 4.78 is 10.7. The van der Waals surface area contributed by atoms with Gasteiger partial charge in [0.25, 0.3) is 0 Å². The number of aromatic nitrogens is 2. The monoisotopic (exact) mass is 394 g/mol. The van der Waals surface area contributed by atoms with Gasteiger partial charge in [-0.15, -0.1) is 0 Å². The van der Waals surface area contributed by atoms with Crippen LogP contribution in [0, 0.1) is 0 Å². The zero-order valence-electron chi connectivity index (χ0n) is 16.8. The first-order valence-electron chi connectivity index (χ1n) is 9.82. The van der Waals surface area contributed by atoms with Gasteiger partial charge in [0, 0.05) is 18.5 Å². The van der Waals surface area contributed by atoms with Crippen LogP contribution in [0.15, 0.2) is 42.5 Å². The molecule has 1 aliphatic rings. The van der Waals surface area contributed by atoms with Crippen molar-refractivity contribution in [1.82, 2.24) is 9.97 Å². The summed E-state index contributed by atoms with van der Waals surface area (Å²) in [5, 5.41) is 14.1. The van der Waals surface area contributed by atoms with Crippen molar-refractivity contribution >= 4 is 22.7 Å². The Balaban J connectivity index is 1.64. The number of aliphatic hydroxyl groups is 1. The molecule has 4 rings (SSSR count). The molecule has 0 aliphatic carbocycles. The molecule has 7 nitrogen and oxygen atoms in total. The number of benzene rings is 2. The smallest absolute Gasteiger partial charge is 0.228 e. The lowest BCUT2D eigenvalue weighted by atomic mass is 10.2. The van der Waals surface area contributed by atoms with Crippen molar-refractivity contribution in [2.75, 3.05) is 37.6 Å². The number of ether oxygens (including phenoxy) is 2. The molecule has 29 heavy (non-hydrogen) atoms. The molecule has 7 heteroatoms. The molecule has 2 N–H and O–H groups in total. The van der Waals surface area contributed by atoms with Crippen molar-refractivity contribution in [3.8, 4) is 11.5 Å². The fraction of sp³-hybridized carbons (Fsp3) is 0.364. The van der Waals surface area contributed by atoms with E-state index >= 15 is 0 Å². The van der Waals surface area contributed by atoms with E-state index in [4.69, 9.17) is 19.4 Å². The second kappa shape index (κ2) is 8.53. The van der Waals surface area contributed by atoms with E-state index in [9.17, 15) is 5.11 Å². The minimum atomic E-state index is 0.0786. The van der Waals surface area contributed by atoms with Gasteiger partial charge in [0.1, 0.15) is 5.82 Å². The molecule has 3 aromatic rings. The predicted molar refractivity (Wildman–Crippen MR) is 114 cm³/mol. The molecule has 1 aliphatic heterocycles. The highest BCUT2D eigenvalue weighted by molar-refractivity contribution is 5.90. The maximum Gasteiger partial charge on any atom is 0.228 e. The van der Waals surface area contributed by atoms with Gasteiger partial charge in [-0.2, -0.15) is 4.98 Å². The summed E-state index contributed by atoms with van der Waals surface area (Å²) >= 11 is 0. The number of fused-ring (bicyclic) bond motifs is 1. The minimum Gasteiger partial charge on any atom is -0.493 e. The van der Waals surface area contributed by atoms with E-state index < -0.39 is 0 Å². The summed E-state index contributed by atoms with van der Waals surface area (Å²) in [7, 11) is 3.26. The Hall–Kier alpha value is -3.06. The molecule has 0 radical (unpaired) electrons. The third-order valence-electron chi connectivity index (χ3n) is 5.34. The molecule has 2 heterocycles. The van der Waals surface area contributed by atoms with Gasteiger partial charge in [-0.3, -0.25) is 0 Å². The van der Waals surface area contributed by atoms with Crippen molar-refractivity contribution in [2.24, 2.45) is 0 Å². The highest BCUT2D eigenvalue weighted by atomic mass is 16.5. The Morgan fingerprint density at radius 3 is 2.72 bits per heavy atom. The summed E-state index contributed by atoms with van der Waals surface area (Å²) in [6, 6.07) is 13.9. The van der Waals surface area contributed by atoms with E-state index in [1.807, 2.05) is 42.5 Å². The topological polar surface area (TPSA) is 79.7 Å². The van der Waals surface area contributed by atoms with Crippen molar-refractivity contribution in [3.05, 3.63) is 48.0 Å². The molecule has 0 bridgehead atoms. The molecular weight excluding hydrogens is 368 g/mol. The van der Waals surface area contributed by atoms with Gasteiger partial charge >= 0.3 is 0 Å². The summed E-state index contributed by atoms with van der Waals surface area (Å²) in [5.74, 6) is 2.84.